The highest BCUT2D eigenvalue weighted by Crippen LogP contribution is 2.14. The van der Waals surface area contributed by atoms with Gasteiger partial charge in [0.2, 0.25) is 5.91 Å². The Bertz CT molecular complexity index is 391. The summed E-state index contributed by atoms with van der Waals surface area (Å²) in [5.74, 6) is -0.404. The lowest BCUT2D eigenvalue weighted by atomic mass is 10.1. The van der Waals surface area contributed by atoms with E-state index in [4.69, 9.17) is 0 Å². The number of nitrogens with one attached hydrogen (secondary N) is 3. The molecule has 0 saturated heterocycles. The number of carbonyl (C=O) groups excluding carboxylic acids is 2. The van der Waals surface area contributed by atoms with E-state index in [-0.39, 0.29) is 18.4 Å². The lowest BCUT2D eigenvalue weighted by Crippen LogP contribution is -2.27. The fourth-order valence-corrected chi connectivity index (χ4v) is 1.28. The van der Waals surface area contributed by atoms with Gasteiger partial charge in [-0.1, -0.05) is 12.1 Å². The maximum Gasteiger partial charge on any atom is 0.253 e. The van der Waals surface area contributed by atoms with Crippen molar-refractivity contribution in [2.24, 2.45) is 0 Å². The molecule has 1 aromatic carbocycles. The number of hydrogen-bond donors (Lipinski definition) is 3. The second kappa shape index (κ2) is 5.87. The molecule has 86 valence electrons. The molecule has 16 heavy (non-hydrogen) atoms. The first-order valence-electron chi connectivity index (χ1n) is 4.94. The lowest BCUT2D eigenvalue weighted by Gasteiger charge is -2.09. The fourth-order valence-electron chi connectivity index (χ4n) is 1.28. The third-order valence-corrected chi connectivity index (χ3v) is 2.01. The summed E-state index contributed by atoms with van der Waals surface area (Å²) in [5, 5.41) is 7.92. The van der Waals surface area contributed by atoms with Crippen LogP contribution in [0.25, 0.3) is 0 Å². The molecule has 2 amide bonds. The van der Waals surface area contributed by atoms with Gasteiger partial charge in [-0.15, -0.1) is 0 Å². The quantitative estimate of drug-likeness (QED) is 0.680. The average Bonchev–Trinajstić information content (AvgIpc) is 2.29. The largest absolute Gasteiger partial charge is 0.355 e. The SMILES string of the molecule is CNCC(=O)Nc1ccccc1C(=O)NC. The minimum atomic E-state index is -0.222. The number of carbonyl (C=O) groups is 2. The lowest BCUT2D eigenvalue weighted by molar-refractivity contribution is -0.115. The van der Waals surface area contributed by atoms with Crippen LogP contribution in [0.4, 0.5) is 5.69 Å². The van der Waals surface area contributed by atoms with Crippen molar-refractivity contribution in [3.05, 3.63) is 29.8 Å². The van der Waals surface area contributed by atoms with Gasteiger partial charge in [0.1, 0.15) is 0 Å². The number of likely N-dealkylation sites (N-methyl/N-ethyl adjacent to an activating group) is 1. The molecule has 1 rings (SSSR count). The Labute approximate surface area is 94.2 Å². The van der Waals surface area contributed by atoms with Crippen LogP contribution in [-0.4, -0.2) is 32.5 Å². The van der Waals surface area contributed by atoms with Gasteiger partial charge in [0.15, 0.2) is 0 Å². The van der Waals surface area contributed by atoms with Crippen molar-refractivity contribution < 1.29 is 9.59 Å². The van der Waals surface area contributed by atoms with Crippen molar-refractivity contribution in [1.29, 1.82) is 0 Å². The Kier molecular flexibility index (Phi) is 4.47. The second-order valence-corrected chi connectivity index (χ2v) is 3.20. The van der Waals surface area contributed by atoms with Gasteiger partial charge in [0.25, 0.3) is 5.91 Å². The summed E-state index contributed by atoms with van der Waals surface area (Å²) in [5.41, 5.74) is 0.969. The molecule has 0 radical (unpaired) electrons. The van der Waals surface area contributed by atoms with Gasteiger partial charge in [0.05, 0.1) is 17.8 Å². The van der Waals surface area contributed by atoms with E-state index in [1.165, 1.54) is 0 Å². The molecule has 0 saturated carbocycles. The second-order valence-electron chi connectivity index (χ2n) is 3.20. The van der Waals surface area contributed by atoms with Crippen LogP contribution in [0.3, 0.4) is 0 Å². The molecule has 0 bridgehead atoms. The van der Waals surface area contributed by atoms with Crippen molar-refractivity contribution >= 4 is 17.5 Å². The van der Waals surface area contributed by atoms with Crippen LogP contribution in [-0.2, 0) is 4.79 Å². The van der Waals surface area contributed by atoms with Crippen LogP contribution in [0, 0.1) is 0 Å². The molecule has 0 aliphatic heterocycles. The fraction of sp³-hybridized carbons (Fsp3) is 0.273. The molecule has 0 aromatic heterocycles. The van der Waals surface area contributed by atoms with Gasteiger partial charge in [-0.25, -0.2) is 0 Å². The number of anilines is 1. The number of benzene rings is 1. The molecule has 0 spiro atoms. The predicted molar refractivity (Wildman–Crippen MR) is 62.4 cm³/mol. The number of amides is 2. The number of hydrogen-bond acceptors (Lipinski definition) is 3. The van der Waals surface area contributed by atoms with Gasteiger partial charge in [-0.2, -0.15) is 0 Å². The van der Waals surface area contributed by atoms with Crippen LogP contribution in [0.2, 0.25) is 0 Å². The summed E-state index contributed by atoms with van der Waals surface area (Å²) < 4.78 is 0. The van der Waals surface area contributed by atoms with Crippen molar-refractivity contribution in [3.8, 4) is 0 Å². The van der Waals surface area contributed by atoms with E-state index in [1.807, 2.05) is 0 Å². The van der Waals surface area contributed by atoms with Crippen LogP contribution in [0.5, 0.6) is 0 Å². The van der Waals surface area contributed by atoms with Crippen molar-refractivity contribution in [2.75, 3.05) is 26.0 Å². The highest BCUT2D eigenvalue weighted by atomic mass is 16.2. The molecule has 0 fully saturated rings. The van der Waals surface area contributed by atoms with Gasteiger partial charge in [-0.05, 0) is 19.2 Å². The molecule has 0 atom stereocenters. The van der Waals surface area contributed by atoms with Gasteiger partial charge in [0, 0.05) is 7.05 Å². The van der Waals surface area contributed by atoms with E-state index in [0.717, 1.165) is 0 Å². The van der Waals surface area contributed by atoms with E-state index in [9.17, 15) is 9.59 Å². The zero-order chi connectivity index (χ0) is 12.0. The Morgan fingerprint density at radius 1 is 1.19 bits per heavy atom. The topological polar surface area (TPSA) is 70.2 Å². The summed E-state index contributed by atoms with van der Waals surface area (Å²) in [6.45, 7) is 0.210. The van der Waals surface area contributed by atoms with E-state index < -0.39 is 0 Å². The molecule has 1 aromatic rings. The first-order chi connectivity index (χ1) is 7.69. The number of rotatable bonds is 4. The van der Waals surface area contributed by atoms with Gasteiger partial charge >= 0.3 is 0 Å². The molecule has 0 unspecified atom stereocenters. The predicted octanol–water partition coefficient (Wildman–Crippen LogP) is 0.204. The minimum Gasteiger partial charge on any atom is -0.355 e. The Hall–Kier alpha value is -1.88. The smallest absolute Gasteiger partial charge is 0.253 e. The maximum atomic E-state index is 11.5. The monoisotopic (exact) mass is 221 g/mol. The Balaban J connectivity index is 2.87. The molecule has 0 aliphatic carbocycles. The van der Waals surface area contributed by atoms with E-state index >= 15 is 0 Å². The van der Waals surface area contributed by atoms with Crippen LogP contribution < -0.4 is 16.0 Å². The molecule has 5 heteroatoms. The van der Waals surface area contributed by atoms with Crippen molar-refractivity contribution in [2.45, 2.75) is 0 Å². The zero-order valence-electron chi connectivity index (χ0n) is 9.33. The van der Waals surface area contributed by atoms with Crippen molar-refractivity contribution in [1.82, 2.24) is 10.6 Å². The maximum absolute atomic E-state index is 11.5. The summed E-state index contributed by atoms with van der Waals surface area (Å²) >= 11 is 0. The Morgan fingerprint density at radius 2 is 1.88 bits per heavy atom. The normalized spacial score (nSPS) is 9.62. The standard InChI is InChI=1S/C11H15N3O2/c1-12-7-10(15)14-9-6-4-3-5-8(9)11(16)13-2/h3-6,12H,7H2,1-2H3,(H,13,16)(H,14,15). The van der Waals surface area contributed by atoms with Gasteiger partial charge in [-0.3, -0.25) is 9.59 Å². The summed E-state index contributed by atoms with van der Waals surface area (Å²) in [4.78, 5) is 22.9. The summed E-state index contributed by atoms with van der Waals surface area (Å²) in [7, 11) is 3.23. The van der Waals surface area contributed by atoms with Crippen molar-refractivity contribution in [3.63, 3.8) is 0 Å². The minimum absolute atomic E-state index is 0.182. The first-order valence-corrected chi connectivity index (χ1v) is 4.94. The van der Waals surface area contributed by atoms with E-state index in [0.29, 0.717) is 11.3 Å². The third-order valence-electron chi connectivity index (χ3n) is 2.01. The summed E-state index contributed by atoms with van der Waals surface area (Å²) in [6, 6.07) is 6.87. The van der Waals surface area contributed by atoms with E-state index in [2.05, 4.69) is 16.0 Å². The van der Waals surface area contributed by atoms with Gasteiger partial charge < -0.3 is 16.0 Å². The highest BCUT2D eigenvalue weighted by molar-refractivity contribution is 6.03. The van der Waals surface area contributed by atoms with Crippen LogP contribution in [0.1, 0.15) is 10.4 Å². The van der Waals surface area contributed by atoms with E-state index in [1.54, 1.807) is 38.4 Å². The van der Waals surface area contributed by atoms with Crippen LogP contribution in [0.15, 0.2) is 24.3 Å². The molecule has 0 heterocycles. The highest BCUT2D eigenvalue weighted by Gasteiger charge is 2.10. The van der Waals surface area contributed by atoms with Crippen LogP contribution >= 0.6 is 0 Å². The number of para-hydroxylation sites is 1. The zero-order valence-corrected chi connectivity index (χ0v) is 9.33. The molecule has 5 nitrogen and oxygen atoms in total. The summed E-state index contributed by atoms with van der Waals surface area (Å²) in [6.07, 6.45) is 0. The Morgan fingerprint density at radius 3 is 2.50 bits per heavy atom. The molecule has 0 aliphatic rings. The molecular formula is C11H15N3O2. The third kappa shape index (κ3) is 3.06. The molecule has 3 N–H and O–H groups in total. The first kappa shape index (κ1) is 12.2. The average molecular weight is 221 g/mol. The molecular weight excluding hydrogens is 206 g/mol.